The average Bonchev–Trinajstić information content (AvgIpc) is 2.55. The lowest BCUT2D eigenvalue weighted by Crippen LogP contribution is -2.14. The summed E-state index contributed by atoms with van der Waals surface area (Å²) in [6.45, 7) is 1.77. The van der Waals surface area contributed by atoms with Crippen LogP contribution in [0.5, 0.6) is 5.75 Å². The topological polar surface area (TPSA) is 92.7 Å². The standard InChI is InChI=1S/C17H17BrFNO5S/c1-11-9-12(18)4-6-15(11)20-26(23,24)13-5-7-16(14(19)10-13)25-8-2-3-17(21)22/h4-7,9-10,20H,2-3,8H2,1H3,(H,21,22). The van der Waals surface area contributed by atoms with Crippen molar-refractivity contribution in [2.45, 2.75) is 24.7 Å². The Morgan fingerprint density at radius 2 is 2.00 bits per heavy atom. The van der Waals surface area contributed by atoms with Crippen LogP contribution in [0.25, 0.3) is 0 Å². The Hall–Kier alpha value is -2.13. The highest BCUT2D eigenvalue weighted by molar-refractivity contribution is 9.10. The summed E-state index contributed by atoms with van der Waals surface area (Å²) in [5.74, 6) is -1.94. The molecule has 2 N–H and O–H groups in total. The summed E-state index contributed by atoms with van der Waals surface area (Å²) in [7, 11) is -3.96. The predicted molar refractivity (Wildman–Crippen MR) is 98.5 cm³/mol. The van der Waals surface area contributed by atoms with Crippen LogP contribution in [0.4, 0.5) is 10.1 Å². The zero-order valence-electron chi connectivity index (χ0n) is 13.8. The van der Waals surface area contributed by atoms with Gasteiger partial charge in [0.1, 0.15) is 0 Å². The van der Waals surface area contributed by atoms with Crippen LogP contribution < -0.4 is 9.46 Å². The molecular weight excluding hydrogens is 429 g/mol. The number of halogens is 2. The molecule has 0 aliphatic heterocycles. The molecule has 0 amide bonds. The largest absolute Gasteiger partial charge is 0.491 e. The number of carbonyl (C=O) groups is 1. The van der Waals surface area contributed by atoms with Gasteiger partial charge >= 0.3 is 5.97 Å². The van der Waals surface area contributed by atoms with Crippen molar-refractivity contribution in [3.05, 3.63) is 52.3 Å². The summed E-state index contributed by atoms with van der Waals surface area (Å²) < 4.78 is 47.4. The first kappa shape index (κ1) is 20.2. The van der Waals surface area contributed by atoms with Crippen molar-refractivity contribution in [3.8, 4) is 5.75 Å². The van der Waals surface area contributed by atoms with Crippen LogP contribution in [0.1, 0.15) is 18.4 Å². The number of aliphatic carboxylic acids is 1. The SMILES string of the molecule is Cc1cc(Br)ccc1NS(=O)(=O)c1ccc(OCCCC(=O)O)c(F)c1. The molecule has 0 saturated heterocycles. The number of sulfonamides is 1. The van der Waals surface area contributed by atoms with Crippen LogP contribution >= 0.6 is 15.9 Å². The van der Waals surface area contributed by atoms with Gasteiger partial charge in [0.15, 0.2) is 11.6 Å². The lowest BCUT2D eigenvalue weighted by atomic mass is 10.2. The van der Waals surface area contributed by atoms with E-state index < -0.39 is 21.8 Å². The molecule has 0 fully saturated rings. The highest BCUT2D eigenvalue weighted by Gasteiger charge is 2.18. The number of rotatable bonds is 8. The molecule has 0 saturated carbocycles. The molecule has 0 atom stereocenters. The third-order valence-corrected chi connectivity index (χ3v) is 5.30. The third-order valence-electron chi connectivity index (χ3n) is 3.44. The van der Waals surface area contributed by atoms with Crippen molar-refractivity contribution in [2.24, 2.45) is 0 Å². The highest BCUT2D eigenvalue weighted by atomic mass is 79.9. The second-order valence-corrected chi connectivity index (χ2v) is 8.10. The normalized spacial score (nSPS) is 11.2. The summed E-state index contributed by atoms with van der Waals surface area (Å²) in [6, 6.07) is 8.35. The fourth-order valence-corrected chi connectivity index (χ4v) is 3.73. The van der Waals surface area contributed by atoms with Crippen LogP contribution in [0, 0.1) is 12.7 Å². The number of aryl methyl sites for hydroxylation is 1. The maximum atomic E-state index is 14.1. The molecule has 0 aliphatic rings. The number of hydrogen-bond donors (Lipinski definition) is 2. The smallest absolute Gasteiger partial charge is 0.303 e. The van der Waals surface area contributed by atoms with E-state index in [1.54, 1.807) is 25.1 Å². The molecule has 26 heavy (non-hydrogen) atoms. The van der Waals surface area contributed by atoms with E-state index in [1.165, 1.54) is 12.1 Å². The van der Waals surface area contributed by atoms with Crippen LogP contribution in [0.15, 0.2) is 45.8 Å². The quantitative estimate of drug-likeness (QED) is 0.600. The first-order valence-electron chi connectivity index (χ1n) is 7.62. The van der Waals surface area contributed by atoms with E-state index in [-0.39, 0.29) is 30.1 Å². The monoisotopic (exact) mass is 445 g/mol. The lowest BCUT2D eigenvalue weighted by molar-refractivity contribution is -0.137. The van der Waals surface area contributed by atoms with Crippen molar-refractivity contribution in [1.82, 2.24) is 0 Å². The van der Waals surface area contributed by atoms with Crippen LogP contribution in [0.3, 0.4) is 0 Å². The maximum absolute atomic E-state index is 14.1. The number of hydrogen-bond acceptors (Lipinski definition) is 4. The van der Waals surface area contributed by atoms with E-state index in [9.17, 15) is 17.6 Å². The summed E-state index contributed by atoms with van der Waals surface area (Å²) in [4.78, 5) is 10.2. The fourth-order valence-electron chi connectivity index (χ4n) is 2.12. The van der Waals surface area contributed by atoms with Crippen LogP contribution in [0.2, 0.25) is 0 Å². The molecule has 0 aliphatic carbocycles. The zero-order valence-corrected chi connectivity index (χ0v) is 16.2. The number of ether oxygens (including phenoxy) is 1. The van der Waals surface area contributed by atoms with Gasteiger partial charge in [0.25, 0.3) is 10.0 Å². The third kappa shape index (κ3) is 5.43. The van der Waals surface area contributed by atoms with E-state index in [1.807, 2.05) is 0 Å². The van der Waals surface area contributed by atoms with Crippen LogP contribution in [-0.2, 0) is 14.8 Å². The van der Waals surface area contributed by atoms with E-state index >= 15 is 0 Å². The molecule has 140 valence electrons. The summed E-state index contributed by atoms with van der Waals surface area (Å²) in [6.07, 6.45) is 0.129. The van der Waals surface area contributed by atoms with Gasteiger partial charge in [-0.3, -0.25) is 9.52 Å². The molecule has 0 heterocycles. The Bertz CT molecular complexity index is 917. The van der Waals surface area contributed by atoms with Crippen molar-refractivity contribution in [2.75, 3.05) is 11.3 Å². The van der Waals surface area contributed by atoms with Gasteiger partial charge in [0.05, 0.1) is 17.2 Å². The van der Waals surface area contributed by atoms with E-state index in [4.69, 9.17) is 9.84 Å². The molecule has 6 nitrogen and oxygen atoms in total. The molecule has 0 aromatic heterocycles. The van der Waals surface area contributed by atoms with E-state index in [0.29, 0.717) is 11.3 Å². The van der Waals surface area contributed by atoms with Gasteiger partial charge in [0.2, 0.25) is 0 Å². The summed E-state index contributed by atoms with van der Waals surface area (Å²) >= 11 is 3.30. The molecular formula is C17H17BrFNO5S. The molecule has 0 spiro atoms. The Morgan fingerprint density at radius 1 is 1.27 bits per heavy atom. The number of benzene rings is 2. The van der Waals surface area contributed by atoms with Gasteiger partial charge in [-0.25, -0.2) is 12.8 Å². The first-order chi connectivity index (χ1) is 12.2. The van der Waals surface area contributed by atoms with Gasteiger partial charge in [-0.2, -0.15) is 0 Å². The zero-order chi connectivity index (χ0) is 19.3. The molecule has 0 unspecified atom stereocenters. The molecule has 9 heteroatoms. The second kappa shape index (κ2) is 8.50. The second-order valence-electron chi connectivity index (χ2n) is 5.50. The number of carboxylic acids is 1. The van der Waals surface area contributed by atoms with Crippen molar-refractivity contribution in [3.63, 3.8) is 0 Å². The lowest BCUT2D eigenvalue weighted by Gasteiger charge is -2.12. The summed E-state index contributed by atoms with van der Waals surface area (Å²) in [5, 5.41) is 8.54. The minimum atomic E-state index is -3.96. The van der Waals surface area contributed by atoms with E-state index in [2.05, 4.69) is 20.7 Å². The van der Waals surface area contributed by atoms with E-state index in [0.717, 1.165) is 10.5 Å². The fraction of sp³-hybridized carbons (Fsp3) is 0.235. The molecule has 0 bridgehead atoms. The van der Waals surface area contributed by atoms with Crippen molar-refractivity contribution in [1.29, 1.82) is 0 Å². The van der Waals surface area contributed by atoms with Crippen LogP contribution in [-0.4, -0.2) is 26.1 Å². The Balaban J connectivity index is 2.12. The molecule has 0 radical (unpaired) electrons. The summed E-state index contributed by atoms with van der Waals surface area (Å²) in [5.41, 5.74) is 1.10. The van der Waals surface area contributed by atoms with Crippen molar-refractivity contribution >= 4 is 37.6 Å². The average molecular weight is 446 g/mol. The first-order valence-corrected chi connectivity index (χ1v) is 9.90. The Morgan fingerprint density at radius 3 is 2.62 bits per heavy atom. The van der Waals surface area contributed by atoms with Gasteiger partial charge in [-0.05, 0) is 55.3 Å². The van der Waals surface area contributed by atoms with Gasteiger partial charge in [-0.1, -0.05) is 15.9 Å². The molecule has 2 aromatic rings. The Labute approximate surface area is 159 Å². The minimum Gasteiger partial charge on any atom is -0.491 e. The predicted octanol–water partition coefficient (Wildman–Crippen LogP) is 3.94. The number of nitrogens with one attached hydrogen (secondary N) is 1. The Kier molecular flexibility index (Phi) is 6.60. The number of carboxylic acid groups (broad SMARTS) is 1. The van der Waals surface area contributed by atoms with Gasteiger partial charge < -0.3 is 9.84 Å². The van der Waals surface area contributed by atoms with Gasteiger partial charge in [-0.15, -0.1) is 0 Å². The maximum Gasteiger partial charge on any atom is 0.303 e. The molecule has 2 aromatic carbocycles. The van der Waals surface area contributed by atoms with Gasteiger partial charge in [0, 0.05) is 10.9 Å². The highest BCUT2D eigenvalue weighted by Crippen LogP contribution is 2.25. The van der Waals surface area contributed by atoms with Crippen molar-refractivity contribution < 1.29 is 27.4 Å². The minimum absolute atomic E-state index is 0.0195. The number of anilines is 1. The molecule has 2 rings (SSSR count).